The lowest BCUT2D eigenvalue weighted by Gasteiger charge is -2.37. The van der Waals surface area contributed by atoms with Crippen molar-refractivity contribution in [3.8, 4) is 0 Å². The van der Waals surface area contributed by atoms with Gasteiger partial charge in [-0.25, -0.2) is 0 Å². The van der Waals surface area contributed by atoms with E-state index in [4.69, 9.17) is 9.84 Å². The van der Waals surface area contributed by atoms with Crippen LogP contribution in [-0.4, -0.2) is 46.3 Å². The summed E-state index contributed by atoms with van der Waals surface area (Å²) in [6.45, 7) is 7.91. The summed E-state index contributed by atoms with van der Waals surface area (Å²) in [5.41, 5.74) is 0.158. The van der Waals surface area contributed by atoms with Crippen molar-refractivity contribution in [1.29, 1.82) is 0 Å². The Hall–Kier alpha value is -0.610. The summed E-state index contributed by atoms with van der Waals surface area (Å²) in [6.07, 6.45) is 7.83. The zero-order chi connectivity index (χ0) is 14.8. The first kappa shape index (κ1) is 15.8. The summed E-state index contributed by atoms with van der Waals surface area (Å²) in [5.74, 6) is -0.723. The maximum Gasteiger partial charge on any atom is 0.304 e. The van der Waals surface area contributed by atoms with Crippen molar-refractivity contribution in [3.05, 3.63) is 0 Å². The Kier molecular flexibility index (Phi) is 4.75. The summed E-state index contributed by atoms with van der Waals surface area (Å²) < 4.78 is 6.35. The quantitative estimate of drug-likeness (QED) is 0.842. The molecule has 1 saturated carbocycles. The van der Waals surface area contributed by atoms with Crippen LogP contribution in [0.15, 0.2) is 0 Å². The van der Waals surface area contributed by atoms with Crippen molar-refractivity contribution in [1.82, 2.24) is 4.90 Å². The maximum atomic E-state index is 10.8. The summed E-state index contributed by atoms with van der Waals surface area (Å²) in [7, 11) is 0. The van der Waals surface area contributed by atoms with Crippen LogP contribution in [0.3, 0.4) is 0 Å². The fourth-order valence-electron chi connectivity index (χ4n) is 3.59. The summed E-state index contributed by atoms with van der Waals surface area (Å²) in [5, 5.41) is 8.90. The Morgan fingerprint density at radius 3 is 2.50 bits per heavy atom. The van der Waals surface area contributed by atoms with Gasteiger partial charge in [0.25, 0.3) is 0 Å². The number of ether oxygens (including phenoxy) is 1. The molecule has 0 bridgehead atoms. The van der Waals surface area contributed by atoms with E-state index < -0.39 is 5.97 Å². The lowest BCUT2D eigenvalue weighted by atomic mass is 9.98. The molecule has 1 spiro atoms. The van der Waals surface area contributed by atoms with E-state index in [1.807, 2.05) is 0 Å². The third kappa shape index (κ3) is 3.95. The van der Waals surface area contributed by atoms with Crippen molar-refractivity contribution in [2.45, 2.75) is 83.0 Å². The second kappa shape index (κ2) is 6.02. The van der Waals surface area contributed by atoms with Crippen LogP contribution in [-0.2, 0) is 9.53 Å². The summed E-state index contributed by atoms with van der Waals surface area (Å²) in [4.78, 5) is 13.1. The van der Waals surface area contributed by atoms with Gasteiger partial charge in [0.2, 0.25) is 0 Å². The van der Waals surface area contributed by atoms with Crippen LogP contribution in [0.4, 0.5) is 0 Å². The molecule has 0 aromatic heterocycles. The Bertz CT molecular complexity index is 342. The predicted molar refractivity (Wildman–Crippen MR) is 78.9 cm³/mol. The zero-order valence-corrected chi connectivity index (χ0v) is 13.2. The first-order valence-electron chi connectivity index (χ1n) is 7.95. The van der Waals surface area contributed by atoms with Gasteiger partial charge in [0.15, 0.2) is 0 Å². The number of carboxylic acid groups (broad SMARTS) is 1. The molecular weight excluding hydrogens is 254 g/mol. The van der Waals surface area contributed by atoms with E-state index in [0.29, 0.717) is 6.54 Å². The number of hydrogen-bond donors (Lipinski definition) is 1. The van der Waals surface area contributed by atoms with E-state index >= 15 is 0 Å². The van der Waals surface area contributed by atoms with Crippen molar-refractivity contribution < 1.29 is 14.6 Å². The Morgan fingerprint density at radius 2 is 1.95 bits per heavy atom. The van der Waals surface area contributed by atoms with E-state index in [0.717, 1.165) is 13.0 Å². The largest absolute Gasteiger partial charge is 0.481 e. The van der Waals surface area contributed by atoms with Gasteiger partial charge >= 0.3 is 5.97 Å². The van der Waals surface area contributed by atoms with E-state index in [1.165, 1.54) is 32.1 Å². The second-order valence-corrected chi connectivity index (χ2v) is 7.43. The lowest BCUT2D eigenvalue weighted by Crippen LogP contribution is -2.46. The van der Waals surface area contributed by atoms with Crippen molar-refractivity contribution in [2.75, 3.05) is 13.1 Å². The Balaban J connectivity index is 1.89. The highest BCUT2D eigenvalue weighted by molar-refractivity contribution is 5.66. The molecule has 0 amide bonds. The van der Waals surface area contributed by atoms with E-state index in [2.05, 4.69) is 25.7 Å². The van der Waals surface area contributed by atoms with Crippen LogP contribution in [0.5, 0.6) is 0 Å². The first-order chi connectivity index (χ1) is 9.31. The molecule has 2 rings (SSSR count). The highest BCUT2D eigenvalue weighted by atomic mass is 16.5. The van der Waals surface area contributed by atoms with Gasteiger partial charge in [0.05, 0.1) is 18.1 Å². The SMILES string of the molecule is CC(C)(C)N(CCC(=O)O)CC1CCC2(CCCC2)O1. The molecule has 0 aromatic carbocycles. The fourth-order valence-corrected chi connectivity index (χ4v) is 3.59. The highest BCUT2D eigenvalue weighted by Gasteiger charge is 2.43. The van der Waals surface area contributed by atoms with Gasteiger partial charge in [-0.15, -0.1) is 0 Å². The maximum absolute atomic E-state index is 10.8. The molecule has 1 aliphatic heterocycles. The number of carbonyl (C=O) groups is 1. The number of carboxylic acids is 1. The van der Waals surface area contributed by atoms with Crippen LogP contribution < -0.4 is 0 Å². The smallest absolute Gasteiger partial charge is 0.304 e. The summed E-state index contributed by atoms with van der Waals surface area (Å²) in [6, 6.07) is 0. The monoisotopic (exact) mass is 283 g/mol. The van der Waals surface area contributed by atoms with Crippen molar-refractivity contribution >= 4 is 5.97 Å². The number of nitrogens with zero attached hydrogens (tertiary/aromatic N) is 1. The fraction of sp³-hybridized carbons (Fsp3) is 0.938. The van der Waals surface area contributed by atoms with E-state index in [-0.39, 0.29) is 23.7 Å². The second-order valence-electron chi connectivity index (χ2n) is 7.43. The molecule has 20 heavy (non-hydrogen) atoms. The van der Waals surface area contributed by atoms with Gasteiger partial charge in [-0.2, -0.15) is 0 Å². The van der Waals surface area contributed by atoms with Crippen LogP contribution in [0.2, 0.25) is 0 Å². The molecule has 116 valence electrons. The molecule has 2 aliphatic rings. The van der Waals surface area contributed by atoms with Crippen LogP contribution >= 0.6 is 0 Å². The predicted octanol–water partition coefficient (Wildman–Crippen LogP) is 3.05. The molecule has 1 heterocycles. The molecule has 0 radical (unpaired) electrons. The van der Waals surface area contributed by atoms with Gasteiger partial charge in [-0.1, -0.05) is 12.8 Å². The van der Waals surface area contributed by atoms with Gasteiger partial charge < -0.3 is 9.84 Å². The van der Waals surface area contributed by atoms with Crippen LogP contribution in [0.25, 0.3) is 0 Å². The normalized spacial score (nSPS) is 25.7. The molecule has 1 N–H and O–H groups in total. The molecule has 2 fully saturated rings. The average Bonchev–Trinajstić information content (AvgIpc) is 2.94. The van der Waals surface area contributed by atoms with E-state index in [9.17, 15) is 4.79 Å². The van der Waals surface area contributed by atoms with Crippen LogP contribution in [0, 0.1) is 0 Å². The third-order valence-corrected chi connectivity index (χ3v) is 4.82. The minimum absolute atomic E-state index is 0.00968. The lowest BCUT2D eigenvalue weighted by molar-refractivity contribution is -0.137. The standard InChI is InChI=1S/C16H29NO3/c1-15(2,3)17(11-7-14(18)19)12-13-6-10-16(20-13)8-4-5-9-16/h13H,4-12H2,1-3H3,(H,18,19). The first-order valence-corrected chi connectivity index (χ1v) is 7.95. The van der Waals surface area contributed by atoms with Crippen LogP contribution in [0.1, 0.15) is 65.7 Å². The van der Waals surface area contributed by atoms with E-state index in [1.54, 1.807) is 0 Å². The Morgan fingerprint density at radius 1 is 1.30 bits per heavy atom. The molecule has 1 aliphatic carbocycles. The minimum Gasteiger partial charge on any atom is -0.481 e. The molecule has 4 heteroatoms. The molecule has 1 saturated heterocycles. The van der Waals surface area contributed by atoms with Gasteiger partial charge in [0.1, 0.15) is 0 Å². The topological polar surface area (TPSA) is 49.8 Å². The minimum atomic E-state index is -0.723. The molecular formula is C16H29NO3. The number of hydrogen-bond acceptors (Lipinski definition) is 3. The average molecular weight is 283 g/mol. The van der Waals surface area contributed by atoms with Crippen molar-refractivity contribution in [2.24, 2.45) is 0 Å². The van der Waals surface area contributed by atoms with Gasteiger partial charge in [0, 0.05) is 18.6 Å². The number of rotatable bonds is 5. The molecule has 0 aromatic rings. The third-order valence-electron chi connectivity index (χ3n) is 4.82. The zero-order valence-electron chi connectivity index (χ0n) is 13.2. The molecule has 1 unspecified atom stereocenters. The van der Waals surface area contributed by atoms with Gasteiger partial charge in [-0.3, -0.25) is 9.69 Å². The molecule has 1 atom stereocenters. The number of aliphatic carboxylic acids is 1. The molecule has 4 nitrogen and oxygen atoms in total. The highest BCUT2D eigenvalue weighted by Crippen LogP contribution is 2.43. The summed E-state index contributed by atoms with van der Waals surface area (Å²) >= 11 is 0. The Labute approximate surface area is 122 Å². The van der Waals surface area contributed by atoms with Crippen molar-refractivity contribution in [3.63, 3.8) is 0 Å². The van der Waals surface area contributed by atoms with Gasteiger partial charge in [-0.05, 0) is 46.5 Å².